The van der Waals surface area contributed by atoms with Crippen LogP contribution in [-0.4, -0.2) is 38.4 Å². The first-order chi connectivity index (χ1) is 14.9. The number of carbonyl (C=O) groups excluding carboxylic acids is 1. The van der Waals surface area contributed by atoms with Crippen LogP contribution in [-0.2, 0) is 4.79 Å². The number of amides is 1. The maximum Gasteiger partial charge on any atom is 0.224 e. The van der Waals surface area contributed by atoms with Gasteiger partial charge in [0.05, 0.1) is 6.54 Å². The fourth-order valence-corrected chi connectivity index (χ4v) is 4.17. The Morgan fingerprint density at radius 2 is 1.94 bits per heavy atom. The number of aliphatic imine (C=N–C) groups is 1. The van der Waals surface area contributed by atoms with Gasteiger partial charge in [0.2, 0.25) is 5.91 Å². The summed E-state index contributed by atoms with van der Waals surface area (Å²) in [7, 11) is 3.70. The lowest BCUT2D eigenvalue weighted by molar-refractivity contribution is -0.117. The van der Waals surface area contributed by atoms with Crippen molar-refractivity contribution in [3.8, 4) is 11.8 Å². The molecule has 0 aromatic heterocycles. The molecule has 0 radical (unpaired) electrons. The van der Waals surface area contributed by atoms with Crippen LogP contribution in [0.3, 0.4) is 0 Å². The normalized spacial score (nSPS) is 14.1. The van der Waals surface area contributed by atoms with E-state index >= 15 is 0 Å². The number of benzene rings is 2. The van der Waals surface area contributed by atoms with E-state index in [1.54, 1.807) is 14.0 Å². The van der Waals surface area contributed by atoms with E-state index in [0.29, 0.717) is 18.4 Å². The second-order valence-corrected chi connectivity index (χ2v) is 8.15. The molecule has 3 rings (SSSR count). The van der Waals surface area contributed by atoms with Gasteiger partial charge in [-0.15, -0.1) is 0 Å². The molecule has 162 valence electrons. The molecule has 2 N–H and O–H groups in total. The van der Waals surface area contributed by atoms with Crippen molar-refractivity contribution in [3.63, 3.8) is 0 Å². The van der Waals surface area contributed by atoms with Crippen molar-refractivity contribution in [3.05, 3.63) is 59.2 Å². The van der Waals surface area contributed by atoms with Crippen LogP contribution in [0.4, 0.5) is 11.4 Å². The number of anilines is 2. The van der Waals surface area contributed by atoms with E-state index in [-0.39, 0.29) is 5.91 Å². The molecule has 0 aliphatic heterocycles. The van der Waals surface area contributed by atoms with Gasteiger partial charge in [0, 0.05) is 49.6 Å². The minimum Gasteiger partial charge on any atom is -0.384 e. The van der Waals surface area contributed by atoms with Gasteiger partial charge in [0.25, 0.3) is 0 Å². The maximum absolute atomic E-state index is 12.3. The van der Waals surface area contributed by atoms with Crippen LogP contribution >= 0.6 is 0 Å². The van der Waals surface area contributed by atoms with E-state index in [2.05, 4.69) is 34.7 Å². The highest BCUT2D eigenvalue weighted by molar-refractivity contribution is 5.98. The molecule has 2 aromatic rings. The van der Waals surface area contributed by atoms with E-state index in [1.807, 2.05) is 48.3 Å². The lowest BCUT2D eigenvalue weighted by atomic mass is 10.1. The summed E-state index contributed by atoms with van der Waals surface area (Å²) in [4.78, 5) is 20.4. The first-order valence-electron chi connectivity index (χ1n) is 10.8. The number of nitrogens with two attached hydrogens (primary N) is 1. The zero-order valence-electron chi connectivity index (χ0n) is 19.0. The highest BCUT2D eigenvalue weighted by Crippen LogP contribution is 2.31. The number of hydrogen-bond donors (Lipinski definition) is 1. The highest BCUT2D eigenvalue weighted by atomic mass is 16.2. The van der Waals surface area contributed by atoms with Crippen LogP contribution in [0.2, 0.25) is 0 Å². The molecule has 2 aromatic carbocycles. The third-order valence-electron chi connectivity index (χ3n) is 5.86. The fraction of sp³-hybridized carbons (Fsp3) is 0.385. The van der Waals surface area contributed by atoms with Gasteiger partial charge in [-0.05, 0) is 55.7 Å². The first-order valence-corrected chi connectivity index (χ1v) is 10.8. The number of aryl methyl sites for hydroxylation is 1. The summed E-state index contributed by atoms with van der Waals surface area (Å²) in [6.45, 7) is 4.31. The summed E-state index contributed by atoms with van der Waals surface area (Å²) < 4.78 is 0. The Morgan fingerprint density at radius 1 is 1.19 bits per heavy atom. The van der Waals surface area contributed by atoms with Gasteiger partial charge in [-0.3, -0.25) is 9.79 Å². The molecule has 0 spiro atoms. The number of carbonyl (C=O) groups is 1. The Kier molecular flexibility index (Phi) is 7.36. The van der Waals surface area contributed by atoms with Crippen molar-refractivity contribution < 1.29 is 4.79 Å². The molecule has 0 saturated heterocycles. The average molecular weight is 417 g/mol. The second kappa shape index (κ2) is 10.2. The van der Waals surface area contributed by atoms with Gasteiger partial charge in [-0.25, -0.2) is 0 Å². The van der Waals surface area contributed by atoms with Crippen LogP contribution in [0, 0.1) is 18.8 Å². The summed E-state index contributed by atoms with van der Waals surface area (Å²) in [6.07, 6.45) is 4.57. The van der Waals surface area contributed by atoms with Crippen molar-refractivity contribution in [2.75, 3.05) is 30.4 Å². The maximum atomic E-state index is 12.3. The molecule has 31 heavy (non-hydrogen) atoms. The topological polar surface area (TPSA) is 61.9 Å². The Balaban J connectivity index is 1.72. The van der Waals surface area contributed by atoms with Gasteiger partial charge in [-0.1, -0.05) is 36.8 Å². The summed E-state index contributed by atoms with van der Waals surface area (Å²) in [5.41, 5.74) is 10.9. The molecular formula is C26H32N4O. The van der Waals surface area contributed by atoms with Gasteiger partial charge in [0.1, 0.15) is 5.84 Å². The average Bonchev–Trinajstić information content (AvgIpc) is 3.29. The van der Waals surface area contributed by atoms with E-state index in [1.165, 1.54) is 12.8 Å². The van der Waals surface area contributed by atoms with Crippen molar-refractivity contribution >= 4 is 23.1 Å². The Labute approximate surface area is 186 Å². The predicted octanol–water partition coefficient (Wildman–Crippen LogP) is 4.11. The van der Waals surface area contributed by atoms with Crippen molar-refractivity contribution in [2.24, 2.45) is 10.7 Å². The lowest BCUT2D eigenvalue weighted by Gasteiger charge is -2.29. The zero-order chi connectivity index (χ0) is 22.4. The minimum atomic E-state index is 0.117. The van der Waals surface area contributed by atoms with Gasteiger partial charge in [0.15, 0.2) is 0 Å². The van der Waals surface area contributed by atoms with E-state index in [9.17, 15) is 4.79 Å². The molecule has 0 heterocycles. The predicted molar refractivity (Wildman–Crippen MR) is 130 cm³/mol. The smallest absolute Gasteiger partial charge is 0.224 e. The summed E-state index contributed by atoms with van der Waals surface area (Å²) in [5, 5.41) is 0. The standard InChI is InChI=1S/C26H32N4O/c1-19-17-21(14-15-25(19)30(20(2)31)23-11-5-6-12-23)9-8-16-29(4)24-13-7-10-22(18-24)26(27)28-3/h7,10,13-15,17-18,23H,5-6,11-12,16H2,1-4H3,(H2,27,28). The van der Waals surface area contributed by atoms with Crippen LogP contribution in [0.5, 0.6) is 0 Å². The van der Waals surface area contributed by atoms with Crippen LogP contribution in [0.15, 0.2) is 47.5 Å². The highest BCUT2D eigenvalue weighted by Gasteiger charge is 2.26. The Bertz CT molecular complexity index is 1030. The molecule has 0 atom stereocenters. The fourth-order valence-electron chi connectivity index (χ4n) is 4.17. The van der Waals surface area contributed by atoms with E-state index in [4.69, 9.17) is 5.73 Å². The van der Waals surface area contributed by atoms with Crippen LogP contribution in [0.25, 0.3) is 0 Å². The Morgan fingerprint density at radius 3 is 2.58 bits per heavy atom. The van der Waals surface area contributed by atoms with Crippen LogP contribution < -0.4 is 15.5 Å². The second-order valence-electron chi connectivity index (χ2n) is 8.15. The minimum absolute atomic E-state index is 0.117. The van der Waals surface area contributed by atoms with E-state index < -0.39 is 0 Å². The summed E-state index contributed by atoms with van der Waals surface area (Å²) in [6, 6.07) is 14.4. The van der Waals surface area contributed by atoms with Gasteiger partial charge < -0.3 is 15.5 Å². The number of hydrogen-bond acceptors (Lipinski definition) is 3. The van der Waals surface area contributed by atoms with Crippen molar-refractivity contribution in [1.29, 1.82) is 0 Å². The monoisotopic (exact) mass is 416 g/mol. The number of rotatable bonds is 5. The van der Waals surface area contributed by atoms with Crippen LogP contribution in [0.1, 0.15) is 49.3 Å². The number of amidine groups is 1. The van der Waals surface area contributed by atoms with Gasteiger partial charge >= 0.3 is 0 Å². The van der Waals surface area contributed by atoms with Crippen molar-refractivity contribution in [1.82, 2.24) is 0 Å². The molecule has 5 nitrogen and oxygen atoms in total. The quantitative estimate of drug-likeness (QED) is 0.453. The molecule has 0 unspecified atom stereocenters. The molecule has 1 aliphatic carbocycles. The Hall–Kier alpha value is -3.26. The third kappa shape index (κ3) is 5.46. The first kappa shape index (κ1) is 22.4. The van der Waals surface area contributed by atoms with E-state index in [0.717, 1.165) is 40.9 Å². The molecule has 1 fully saturated rings. The molecule has 0 bridgehead atoms. The zero-order valence-corrected chi connectivity index (χ0v) is 19.0. The number of nitrogens with zero attached hydrogens (tertiary/aromatic N) is 3. The molecule has 5 heteroatoms. The SMILES string of the molecule is CN=C(N)c1cccc(N(C)CC#Cc2ccc(N(C(C)=O)C3CCCC3)c(C)c2)c1. The third-order valence-corrected chi connectivity index (χ3v) is 5.86. The van der Waals surface area contributed by atoms with Crippen molar-refractivity contribution in [2.45, 2.75) is 45.6 Å². The largest absolute Gasteiger partial charge is 0.384 e. The molecule has 1 saturated carbocycles. The molecule has 1 aliphatic rings. The molecule has 1 amide bonds. The summed E-state index contributed by atoms with van der Waals surface area (Å²) in [5.74, 6) is 7.15. The molecular weight excluding hydrogens is 384 g/mol. The summed E-state index contributed by atoms with van der Waals surface area (Å²) >= 11 is 0. The lowest BCUT2D eigenvalue weighted by Crippen LogP contribution is -2.37. The van der Waals surface area contributed by atoms with Gasteiger partial charge in [-0.2, -0.15) is 0 Å².